The molecule has 0 saturated carbocycles. The van der Waals surface area contributed by atoms with E-state index in [9.17, 15) is 9.90 Å². The summed E-state index contributed by atoms with van der Waals surface area (Å²) in [6.07, 6.45) is 0. The number of phenolic OH excluding ortho intramolecular Hbond substituents is 1. The van der Waals surface area contributed by atoms with E-state index in [1.54, 1.807) is 32.9 Å². The topological polar surface area (TPSA) is 75.4 Å². The molecule has 4 nitrogen and oxygen atoms in total. The quantitative estimate of drug-likeness (QED) is 0.702. The molecule has 0 aliphatic rings. The first-order chi connectivity index (χ1) is 7.82. The van der Waals surface area contributed by atoms with Gasteiger partial charge in [-0.15, -0.1) is 0 Å². The van der Waals surface area contributed by atoms with E-state index in [1.807, 2.05) is 6.92 Å². The molecular weight excluding hydrogens is 216 g/mol. The Balaban J connectivity index is 2.89. The average Bonchev–Trinajstić information content (AvgIpc) is 2.24. The number of rotatable bonds is 3. The molecular formula is C13H20N2O2. The lowest BCUT2D eigenvalue weighted by molar-refractivity contribution is -0.119. The van der Waals surface area contributed by atoms with Crippen molar-refractivity contribution in [2.24, 2.45) is 11.7 Å². The van der Waals surface area contributed by atoms with Crippen molar-refractivity contribution in [3.63, 3.8) is 0 Å². The van der Waals surface area contributed by atoms with E-state index in [2.05, 4.69) is 5.32 Å². The molecule has 0 aliphatic carbocycles. The van der Waals surface area contributed by atoms with Gasteiger partial charge in [-0.25, -0.2) is 0 Å². The zero-order valence-corrected chi connectivity index (χ0v) is 10.7. The SMILES string of the molecule is Cc1cc(NC(=O)C(C)C(C)N)c(C)cc1O. The molecule has 0 radical (unpaired) electrons. The van der Waals surface area contributed by atoms with Crippen LogP contribution < -0.4 is 11.1 Å². The van der Waals surface area contributed by atoms with Crippen molar-refractivity contribution in [1.82, 2.24) is 0 Å². The van der Waals surface area contributed by atoms with Crippen LogP contribution in [-0.4, -0.2) is 17.1 Å². The Morgan fingerprint density at radius 1 is 1.29 bits per heavy atom. The van der Waals surface area contributed by atoms with E-state index in [0.717, 1.165) is 16.8 Å². The van der Waals surface area contributed by atoms with Crippen molar-refractivity contribution in [2.45, 2.75) is 33.7 Å². The summed E-state index contributed by atoms with van der Waals surface area (Å²) >= 11 is 0. The van der Waals surface area contributed by atoms with Crippen molar-refractivity contribution in [2.75, 3.05) is 5.32 Å². The molecule has 0 spiro atoms. The fourth-order valence-corrected chi connectivity index (χ4v) is 1.42. The van der Waals surface area contributed by atoms with Gasteiger partial charge >= 0.3 is 0 Å². The number of nitrogens with two attached hydrogens (primary N) is 1. The van der Waals surface area contributed by atoms with Gasteiger partial charge < -0.3 is 16.2 Å². The maximum absolute atomic E-state index is 11.8. The number of phenols is 1. The van der Waals surface area contributed by atoms with Gasteiger partial charge in [-0.3, -0.25) is 4.79 Å². The van der Waals surface area contributed by atoms with Crippen LogP contribution in [0.3, 0.4) is 0 Å². The number of anilines is 1. The van der Waals surface area contributed by atoms with Crippen LogP contribution in [0.4, 0.5) is 5.69 Å². The molecule has 94 valence electrons. The van der Waals surface area contributed by atoms with E-state index in [0.29, 0.717) is 0 Å². The lowest BCUT2D eigenvalue weighted by atomic mass is 10.0. The van der Waals surface area contributed by atoms with Crippen LogP contribution in [0.15, 0.2) is 12.1 Å². The normalized spacial score (nSPS) is 14.2. The van der Waals surface area contributed by atoms with Crippen molar-refractivity contribution in [3.8, 4) is 5.75 Å². The molecule has 4 N–H and O–H groups in total. The van der Waals surface area contributed by atoms with Crippen LogP contribution in [0, 0.1) is 19.8 Å². The standard InChI is InChI=1S/C13H20N2O2/c1-7-6-12(16)8(2)5-11(7)15-13(17)9(3)10(4)14/h5-6,9-10,16H,14H2,1-4H3,(H,15,17). The molecule has 0 fully saturated rings. The minimum Gasteiger partial charge on any atom is -0.508 e. The van der Waals surface area contributed by atoms with Crippen molar-refractivity contribution in [3.05, 3.63) is 23.3 Å². The largest absolute Gasteiger partial charge is 0.508 e. The van der Waals surface area contributed by atoms with Gasteiger partial charge in [0, 0.05) is 11.7 Å². The molecule has 0 saturated heterocycles. The molecule has 0 heterocycles. The lowest BCUT2D eigenvalue weighted by Gasteiger charge is -2.17. The smallest absolute Gasteiger partial charge is 0.228 e. The number of hydrogen-bond donors (Lipinski definition) is 3. The van der Waals surface area contributed by atoms with Gasteiger partial charge in [0.1, 0.15) is 5.75 Å². The number of carbonyl (C=O) groups is 1. The van der Waals surface area contributed by atoms with Crippen LogP contribution in [0.1, 0.15) is 25.0 Å². The fraction of sp³-hybridized carbons (Fsp3) is 0.462. The first kappa shape index (κ1) is 13.5. The van der Waals surface area contributed by atoms with Crippen LogP contribution in [-0.2, 0) is 4.79 Å². The highest BCUT2D eigenvalue weighted by Crippen LogP contribution is 2.25. The van der Waals surface area contributed by atoms with Gasteiger partial charge in [-0.1, -0.05) is 6.92 Å². The second kappa shape index (κ2) is 5.19. The molecule has 0 aliphatic heterocycles. The minimum atomic E-state index is -0.247. The summed E-state index contributed by atoms with van der Waals surface area (Å²) in [5.41, 5.74) is 7.97. The van der Waals surface area contributed by atoms with Crippen LogP contribution in [0.2, 0.25) is 0 Å². The van der Waals surface area contributed by atoms with Crippen molar-refractivity contribution < 1.29 is 9.90 Å². The first-order valence-corrected chi connectivity index (χ1v) is 5.69. The van der Waals surface area contributed by atoms with E-state index in [4.69, 9.17) is 5.73 Å². The molecule has 2 atom stereocenters. The summed E-state index contributed by atoms with van der Waals surface area (Å²) in [7, 11) is 0. The van der Waals surface area contributed by atoms with E-state index in [-0.39, 0.29) is 23.6 Å². The second-order valence-corrected chi connectivity index (χ2v) is 4.59. The molecule has 0 aromatic heterocycles. The van der Waals surface area contributed by atoms with Crippen LogP contribution >= 0.6 is 0 Å². The summed E-state index contributed by atoms with van der Waals surface area (Å²) in [6.45, 7) is 7.23. The maximum Gasteiger partial charge on any atom is 0.228 e. The Hall–Kier alpha value is -1.55. The third kappa shape index (κ3) is 3.20. The first-order valence-electron chi connectivity index (χ1n) is 5.69. The number of hydrogen-bond acceptors (Lipinski definition) is 3. The highest BCUT2D eigenvalue weighted by molar-refractivity contribution is 5.93. The van der Waals surface area contributed by atoms with Crippen molar-refractivity contribution in [1.29, 1.82) is 0 Å². The van der Waals surface area contributed by atoms with E-state index < -0.39 is 0 Å². The molecule has 2 unspecified atom stereocenters. The molecule has 1 rings (SSSR count). The van der Waals surface area contributed by atoms with Gasteiger partial charge in [-0.05, 0) is 44.0 Å². The fourth-order valence-electron chi connectivity index (χ4n) is 1.42. The summed E-state index contributed by atoms with van der Waals surface area (Å²) in [6, 6.07) is 3.21. The molecule has 1 amide bonds. The van der Waals surface area contributed by atoms with E-state index in [1.165, 1.54) is 0 Å². The summed E-state index contributed by atoms with van der Waals surface area (Å²) < 4.78 is 0. The molecule has 1 aromatic carbocycles. The number of nitrogens with one attached hydrogen (secondary N) is 1. The third-order valence-corrected chi connectivity index (χ3v) is 3.00. The van der Waals surface area contributed by atoms with Gasteiger partial charge in [0.25, 0.3) is 0 Å². The molecule has 17 heavy (non-hydrogen) atoms. The Morgan fingerprint density at radius 3 is 2.41 bits per heavy atom. The average molecular weight is 236 g/mol. The Kier molecular flexibility index (Phi) is 4.12. The predicted octanol–water partition coefficient (Wildman–Crippen LogP) is 1.93. The zero-order chi connectivity index (χ0) is 13.2. The number of benzene rings is 1. The zero-order valence-electron chi connectivity index (χ0n) is 10.7. The lowest BCUT2D eigenvalue weighted by Crippen LogP contribution is -2.34. The Morgan fingerprint density at radius 2 is 1.88 bits per heavy atom. The van der Waals surface area contributed by atoms with Gasteiger partial charge in [0.2, 0.25) is 5.91 Å². The number of amides is 1. The van der Waals surface area contributed by atoms with Crippen LogP contribution in [0.25, 0.3) is 0 Å². The van der Waals surface area contributed by atoms with Gasteiger partial charge in [0.05, 0.1) is 5.92 Å². The molecule has 0 bridgehead atoms. The minimum absolute atomic E-state index is 0.104. The Bertz CT molecular complexity index is 428. The number of aryl methyl sites for hydroxylation is 2. The van der Waals surface area contributed by atoms with Crippen LogP contribution in [0.5, 0.6) is 5.75 Å². The highest BCUT2D eigenvalue weighted by Gasteiger charge is 2.17. The Labute approximate surface area is 102 Å². The van der Waals surface area contributed by atoms with Gasteiger partial charge in [0.15, 0.2) is 0 Å². The summed E-state index contributed by atoms with van der Waals surface area (Å²) in [5, 5.41) is 12.4. The molecule has 1 aromatic rings. The predicted molar refractivity (Wildman–Crippen MR) is 69.0 cm³/mol. The maximum atomic E-state index is 11.8. The third-order valence-electron chi connectivity index (χ3n) is 3.00. The summed E-state index contributed by atoms with van der Waals surface area (Å²) in [4.78, 5) is 11.8. The monoisotopic (exact) mass is 236 g/mol. The number of carbonyl (C=O) groups excluding carboxylic acids is 1. The van der Waals surface area contributed by atoms with E-state index >= 15 is 0 Å². The van der Waals surface area contributed by atoms with Crippen molar-refractivity contribution >= 4 is 11.6 Å². The second-order valence-electron chi connectivity index (χ2n) is 4.59. The van der Waals surface area contributed by atoms with Gasteiger partial charge in [-0.2, -0.15) is 0 Å². The number of aromatic hydroxyl groups is 1. The molecule has 4 heteroatoms. The summed E-state index contributed by atoms with van der Waals surface area (Å²) in [5.74, 6) is -0.113. The highest BCUT2D eigenvalue weighted by atomic mass is 16.3.